The van der Waals surface area contributed by atoms with Gasteiger partial charge < -0.3 is 10.0 Å². The van der Waals surface area contributed by atoms with Crippen molar-refractivity contribution in [1.29, 1.82) is 0 Å². The van der Waals surface area contributed by atoms with Crippen LogP contribution in [0.4, 0.5) is 0 Å². The first-order valence-electron chi connectivity index (χ1n) is 13.2. The van der Waals surface area contributed by atoms with E-state index in [1.54, 1.807) is 50.8 Å². The molecule has 7 nitrogen and oxygen atoms in total. The number of hydrogen-bond acceptors (Lipinski definition) is 4. The summed E-state index contributed by atoms with van der Waals surface area (Å²) in [5, 5.41) is 10.9. The number of sulfonamides is 1. The average Bonchev–Trinajstić information content (AvgIpc) is 3.63. The van der Waals surface area contributed by atoms with Crippen LogP contribution in [0.5, 0.6) is 0 Å². The SMILES string of the molecule is CC(C)(C)NS(=O)(=O)C[C@H](C1CC1)N1C(=O)[C@@](C)(CC(=O)O)CC(c2cccc(Cl)c2)C1c1ccc(Cl)cc1. The summed E-state index contributed by atoms with van der Waals surface area (Å²) in [6, 6.07) is 13.4. The van der Waals surface area contributed by atoms with Crippen LogP contribution in [0.3, 0.4) is 0 Å². The second-order valence-electron chi connectivity index (χ2n) is 12.2. The van der Waals surface area contributed by atoms with Crippen molar-refractivity contribution in [2.24, 2.45) is 11.3 Å². The van der Waals surface area contributed by atoms with Crippen molar-refractivity contribution < 1.29 is 23.1 Å². The summed E-state index contributed by atoms with van der Waals surface area (Å²) < 4.78 is 29.5. The standard InChI is InChI=1S/C29H36Cl2N2O5S/c1-28(2,3)32-39(37,38)17-24(18-8-9-18)33-26(19-10-12-21(30)13-11-19)23(20-6-5-7-22(31)14-20)15-29(4,27(33)36)16-25(34)35/h5-7,10-14,18,23-24,26,32H,8-9,15-17H2,1-4H3,(H,34,35)/t23?,24-,26?,29-/m1/s1. The van der Waals surface area contributed by atoms with Gasteiger partial charge in [0.05, 0.1) is 29.7 Å². The highest BCUT2D eigenvalue weighted by molar-refractivity contribution is 7.89. The molecule has 1 aliphatic heterocycles. The molecule has 1 saturated heterocycles. The highest BCUT2D eigenvalue weighted by atomic mass is 35.5. The van der Waals surface area contributed by atoms with E-state index < -0.39 is 39.0 Å². The van der Waals surface area contributed by atoms with Crippen LogP contribution < -0.4 is 4.72 Å². The maximum atomic E-state index is 14.4. The first-order valence-corrected chi connectivity index (χ1v) is 15.6. The first-order chi connectivity index (χ1) is 18.1. The number of carbonyl (C=O) groups excluding carboxylic acids is 1. The van der Waals surface area contributed by atoms with Crippen molar-refractivity contribution in [1.82, 2.24) is 9.62 Å². The van der Waals surface area contributed by atoms with E-state index in [1.165, 1.54) is 0 Å². The second-order valence-corrected chi connectivity index (χ2v) is 14.9. The lowest BCUT2D eigenvalue weighted by molar-refractivity contribution is -0.160. The fourth-order valence-electron chi connectivity index (χ4n) is 5.90. The van der Waals surface area contributed by atoms with E-state index in [9.17, 15) is 23.1 Å². The van der Waals surface area contributed by atoms with Crippen LogP contribution in [0, 0.1) is 11.3 Å². The number of amides is 1. The summed E-state index contributed by atoms with van der Waals surface area (Å²) in [4.78, 5) is 28.1. The molecule has 1 aliphatic carbocycles. The summed E-state index contributed by atoms with van der Waals surface area (Å²) in [5.74, 6) is -2.02. The zero-order chi connectivity index (χ0) is 28.8. The zero-order valence-electron chi connectivity index (χ0n) is 22.7. The zero-order valence-corrected chi connectivity index (χ0v) is 25.0. The van der Waals surface area contributed by atoms with Crippen LogP contribution in [-0.4, -0.2) is 47.6 Å². The topological polar surface area (TPSA) is 104 Å². The maximum Gasteiger partial charge on any atom is 0.304 e. The Bertz CT molecular complexity index is 1340. The molecule has 0 radical (unpaired) electrons. The molecule has 4 atom stereocenters. The normalized spacial score (nSPS) is 25.0. The van der Waals surface area contributed by atoms with Gasteiger partial charge in [-0.2, -0.15) is 0 Å². The molecule has 4 rings (SSSR count). The van der Waals surface area contributed by atoms with Crippen molar-refractivity contribution >= 4 is 45.1 Å². The lowest BCUT2D eigenvalue weighted by Gasteiger charge is -2.52. The average molecular weight is 596 g/mol. The Kier molecular flexibility index (Phi) is 8.44. The molecule has 212 valence electrons. The third kappa shape index (κ3) is 7.15. The van der Waals surface area contributed by atoms with E-state index in [2.05, 4.69) is 4.72 Å². The number of benzene rings is 2. The van der Waals surface area contributed by atoms with Crippen molar-refractivity contribution in [3.63, 3.8) is 0 Å². The summed E-state index contributed by atoms with van der Waals surface area (Å²) in [6.07, 6.45) is 1.50. The lowest BCUT2D eigenvalue weighted by atomic mass is 9.67. The van der Waals surface area contributed by atoms with Crippen molar-refractivity contribution in [2.75, 3.05) is 5.75 Å². The second kappa shape index (κ2) is 11.0. The predicted molar refractivity (Wildman–Crippen MR) is 153 cm³/mol. The molecule has 1 heterocycles. The Hall–Kier alpha value is -2.13. The quantitative estimate of drug-likeness (QED) is 0.369. The van der Waals surface area contributed by atoms with Gasteiger partial charge in [-0.3, -0.25) is 9.59 Å². The molecule has 0 bridgehead atoms. The molecule has 1 amide bonds. The molecule has 2 fully saturated rings. The van der Waals surface area contributed by atoms with E-state index in [0.29, 0.717) is 10.0 Å². The Labute approximate surface area is 240 Å². The number of likely N-dealkylation sites (tertiary alicyclic amines) is 1. The Morgan fingerprint density at radius 2 is 1.74 bits per heavy atom. The van der Waals surface area contributed by atoms with Crippen LogP contribution in [-0.2, 0) is 19.6 Å². The molecule has 2 aromatic carbocycles. The van der Waals surface area contributed by atoms with Gasteiger partial charge in [-0.25, -0.2) is 13.1 Å². The Morgan fingerprint density at radius 1 is 1.10 bits per heavy atom. The van der Waals surface area contributed by atoms with E-state index in [1.807, 2.05) is 30.3 Å². The van der Waals surface area contributed by atoms with Crippen LogP contribution in [0.1, 0.15) is 76.5 Å². The molecule has 2 aliphatic rings. The largest absolute Gasteiger partial charge is 0.481 e. The number of hydrogen-bond donors (Lipinski definition) is 2. The van der Waals surface area contributed by atoms with Gasteiger partial charge >= 0.3 is 5.97 Å². The molecule has 1 saturated carbocycles. The number of piperidine rings is 1. The monoisotopic (exact) mass is 594 g/mol. The fourth-order valence-corrected chi connectivity index (χ4v) is 8.13. The van der Waals surface area contributed by atoms with Crippen LogP contribution in [0.2, 0.25) is 10.0 Å². The van der Waals surface area contributed by atoms with E-state index in [-0.39, 0.29) is 36.3 Å². The van der Waals surface area contributed by atoms with E-state index >= 15 is 0 Å². The summed E-state index contributed by atoms with van der Waals surface area (Å²) in [5.41, 5.74) is -0.255. The van der Waals surface area contributed by atoms with Crippen LogP contribution >= 0.6 is 23.2 Å². The minimum atomic E-state index is -3.78. The van der Waals surface area contributed by atoms with Crippen LogP contribution in [0.15, 0.2) is 48.5 Å². The number of rotatable bonds is 9. The minimum Gasteiger partial charge on any atom is -0.481 e. The number of nitrogens with zero attached hydrogens (tertiary/aromatic N) is 1. The Morgan fingerprint density at radius 3 is 2.28 bits per heavy atom. The molecular weight excluding hydrogens is 559 g/mol. The van der Waals surface area contributed by atoms with Gasteiger partial charge in [0.15, 0.2) is 0 Å². The number of carboxylic acid groups (broad SMARTS) is 1. The van der Waals surface area contributed by atoms with Gasteiger partial charge in [-0.1, -0.05) is 54.4 Å². The molecule has 2 N–H and O–H groups in total. The molecule has 2 unspecified atom stereocenters. The maximum absolute atomic E-state index is 14.4. The number of carbonyl (C=O) groups is 2. The van der Waals surface area contributed by atoms with E-state index in [0.717, 1.165) is 24.0 Å². The number of carboxylic acids is 1. The van der Waals surface area contributed by atoms with Gasteiger partial charge in [0.1, 0.15) is 0 Å². The number of aliphatic carboxylic acids is 1. The molecule has 0 aromatic heterocycles. The molecule has 39 heavy (non-hydrogen) atoms. The molecule has 2 aromatic rings. The highest BCUT2D eigenvalue weighted by Crippen LogP contribution is 2.54. The summed E-state index contributed by atoms with van der Waals surface area (Å²) in [7, 11) is -3.78. The minimum absolute atomic E-state index is 0.00696. The lowest BCUT2D eigenvalue weighted by Crippen LogP contribution is -2.59. The predicted octanol–water partition coefficient (Wildman–Crippen LogP) is 6.03. The number of nitrogens with one attached hydrogen (secondary N) is 1. The Balaban J connectivity index is 1.91. The van der Waals surface area contributed by atoms with Crippen molar-refractivity contribution in [2.45, 2.75) is 76.9 Å². The third-order valence-electron chi connectivity index (χ3n) is 7.51. The molecule has 10 heteroatoms. The highest BCUT2D eigenvalue weighted by Gasteiger charge is 2.55. The van der Waals surface area contributed by atoms with Gasteiger partial charge in [0.2, 0.25) is 15.9 Å². The smallest absolute Gasteiger partial charge is 0.304 e. The van der Waals surface area contributed by atoms with E-state index in [4.69, 9.17) is 23.2 Å². The molecular formula is C29H36Cl2N2O5S. The van der Waals surface area contributed by atoms with Gasteiger partial charge in [0, 0.05) is 21.5 Å². The first kappa shape index (κ1) is 29.8. The van der Waals surface area contributed by atoms with Crippen molar-refractivity contribution in [3.8, 4) is 0 Å². The van der Waals surface area contributed by atoms with Gasteiger partial charge in [-0.15, -0.1) is 0 Å². The summed E-state index contributed by atoms with van der Waals surface area (Å²) >= 11 is 12.6. The van der Waals surface area contributed by atoms with Gasteiger partial charge in [-0.05, 0) is 81.3 Å². The third-order valence-corrected chi connectivity index (χ3v) is 9.70. The van der Waals surface area contributed by atoms with Gasteiger partial charge in [0.25, 0.3) is 0 Å². The van der Waals surface area contributed by atoms with Crippen LogP contribution in [0.25, 0.3) is 0 Å². The molecule has 0 spiro atoms. The number of halogens is 2. The summed E-state index contributed by atoms with van der Waals surface area (Å²) in [6.45, 7) is 7.01. The van der Waals surface area contributed by atoms with Crippen molar-refractivity contribution in [3.05, 3.63) is 69.7 Å². The fraction of sp³-hybridized carbons (Fsp3) is 0.517.